The molecule has 0 aliphatic carbocycles. The summed E-state index contributed by atoms with van der Waals surface area (Å²) in [5.74, 6) is -0.738. The highest BCUT2D eigenvalue weighted by Crippen LogP contribution is 2.29. The number of benzene rings is 2. The van der Waals surface area contributed by atoms with Gasteiger partial charge in [0.05, 0.1) is 27.8 Å². The van der Waals surface area contributed by atoms with E-state index in [4.69, 9.17) is 10.4 Å². The number of anilines is 2. The number of nitriles is 1. The van der Waals surface area contributed by atoms with Crippen molar-refractivity contribution in [2.24, 2.45) is 5.14 Å². The van der Waals surface area contributed by atoms with Crippen LogP contribution in [0.5, 0.6) is 0 Å². The Morgan fingerprint density at radius 2 is 1.56 bits per heavy atom. The van der Waals surface area contributed by atoms with Crippen molar-refractivity contribution >= 4 is 27.3 Å². The molecule has 0 atom stereocenters. The Morgan fingerprint density at radius 3 is 2.16 bits per heavy atom. The fraction of sp³-hybridized carbons (Fsp3) is 0.364. The Hall–Kier alpha value is -3.16. The van der Waals surface area contributed by atoms with E-state index >= 15 is 0 Å². The molecule has 8 nitrogen and oxygen atoms in total. The largest absolute Gasteiger partial charge is 0.371 e. The molecule has 1 amide bonds. The van der Waals surface area contributed by atoms with Crippen molar-refractivity contribution in [2.75, 3.05) is 49.1 Å². The minimum atomic E-state index is -3.95. The summed E-state index contributed by atoms with van der Waals surface area (Å²) in [6.45, 7) is 3.17. The number of hydrogen-bond donors (Lipinski definition) is 1. The molecule has 2 aromatic rings. The van der Waals surface area contributed by atoms with Crippen molar-refractivity contribution in [1.82, 2.24) is 4.90 Å². The van der Waals surface area contributed by atoms with Gasteiger partial charge in [-0.2, -0.15) is 5.26 Å². The van der Waals surface area contributed by atoms with Crippen LogP contribution in [0.2, 0.25) is 0 Å². The third-order valence-corrected chi connectivity index (χ3v) is 6.87. The highest BCUT2D eigenvalue weighted by molar-refractivity contribution is 7.89. The first-order valence-corrected chi connectivity index (χ1v) is 12.0. The predicted molar refractivity (Wildman–Crippen MR) is 118 cm³/mol. The van der Waals surface area contributed by atoms with Crippen LogP contribution in [-0.2, 0) is 10.0 Å². The SMILES string of the molecule is N#Cc1ccc(N2CCN(C(=O)c3cc(S(N)(=O)=O)ccc3N3CCCC3)CC2)c(F)c1. The second kappa shape index (κ2) is 8.76. The molecule has 4 rings (SSSR count). The van der Waals surface area contributed by atoms with Crippen molar-refractivity contribution in [3.63, 3.8) is 0 Å². The summed E-state index contributed by atoms with van der Waals surface area (Å²) in [6, 6.07) is 10.7. The van der Waals surface area contributed by atoms with E-state index in [2.05, 4.69) is 4.90 Å². The molecule has 0 saturated carbocycles. The summed E-state index contributed by atoms with van der Waals surface area (Å²) in [6.07, 6.45) is 2.03. The Morgan fingerprint density at radius 1 is 0.938 bits per heavy atom. The van der Waals surface area contributed by atoms with Crippen LogP contribution in [0.1, 0.15) is 28.8 Å². The van der Waals surface area contributed by atoms with Gasteiger partial charge >= 0.3 is 0 Å². The Balaban J connectivity index is 1.55. The molecule has 2 aromatic carbocycles. The Labute approximate surface area is 186 Å². The van der Waals surface area contributed by atoms with Crippen molar-refractivity contribution < 1.29 is 17.6 Å². The minimum absolute atomic E-state index is 0.0953. The minimum Gasteiger partial charge on any atom is -0.371 e. The van der Waals surface area contributed by atoms with Gasteiger partial charge in [-0.3, -0.25) is 4.79 Å². The zero-order chi connectivity index (χ0) is 22.9. The van der Waals surface area contributed by atoms with Gasteiger partial charge in [0.25, 0.3) is 5.91 Å². The van der Waals surface area contributed by atoms with Crippen LogP contribution >= 0.6 is 0 Å². The summed E-state index contributed by atoms with van der Waals surface area (Å²) in [5.41, 5.74) is 1.67. The van der Waals surface area contributed by atoms with Gasteiger partial charge in [-0.15, -0.1) is 0 Å². The van der Waals surface area contributed by atoms with Crippen LogP contribution in [0.25, 0.3) is 0 Å². The van der Waals surface area contributed by atoms with Crippen LogP contribution in [-0.4, -0.2) is 58.5 Å². The number of sulfonamides is 1. The number of hydrogen-bond acceptors (Lipinski definition) is 6. The molecule has 2 N–H and O–H groups in total. The predicted octanol–water partition coefficient (Wildman–Crippen LogP) is 1.91. The Bertz CT molecular complexity index is 1180. The van der Waals surface area contributed by atoms with Gasteiger partial charge in [0.1, 0.15) is 5.82 Å². The van der Waals surface area contributed by atoms with Crippen molar-refractivity contribution in [3.05, 3.63) is 53.3 Å². The molecule has 2 fully saturated rings. The lowest BCUT2D eigenvalue weighted by Gasteiger charge is -2.37. The number of nitrogens with two attached hydrogens (primary N) is 1. The number of amides is 1. The molecule has 2 saturated heterocycles. The van der Waals surface area contributed by atoms with Crippen LogP contribution < -0.4 is 14.9 Å². The first-order chi connectivity index (χ1) is 15.3. The van der Waals surface area contributed by atoms with E-state index in [9.17, 15) is 17.6 Å². The lowest BCUT2D eigenvalue weighted by molar-refractivity contribution is 0.0747. The highest BCUT2D eigenvalue weighted by Gasteiger charge is 2.28. The van der Waals surface area contributed by atoms with Crippen LogP contribution in [0.4, 0.5) is 15.8 Å². The Kier molecular flexibility index (Phi) is 6.04. The van der Waals surface area contributed by atoms with E-state index in [0.717, 1.165) is 25.9 Å². The summed E-state index contributed by atoms with van der Waals surface area (Å²) in [7, 11) is -3.95. The molecule has 2 aliphatic heterocycles. The van der Waals surface area contributed by atoms with Gasteiger partial charge in [0, 0.05) is 45.0 Å². The molecule has 10 heteroatoms. The summed E-state index contributed by atoms with van der Waals surface area (Å²) in [5, 5.41) is 14.2. The van der Waals surface area contributed by atoms with E-state index in [1.54, 1.807) is 23.1 Å². The molecular weight excluding hydrogens is 433 g/mol. The van der Waals surface area contributed by atoms with Gasteiger partial charge in [-0.1, -0.05) is 0 Å². The molecule has 0 unspecified atom stereocenters. The van der Waals surface area contributed by atoms with Gasteiger partial charge in [0.15, 0.2) is 0 Å². The third kappa shape index (κ3) is 4.40. The van der Waals surface area contributed by atoms with Crippen LogP contribution in [0.15, 0.2) is 41.3 Å². The number of nitrogens with zero attached hydrogens (tertiary/aromatic N) is 4. The molecule has 168 valence electrons. The number of carbonyl (C=O) groups excluding carboxylic acids is 1. The molecule has 32 heavy (non-hydrogen) atoms. The maximum Gasteiger partial charge on any atom is 0.256 e. The fourth-order valence-electron chi connectivity index (χ4n) is 4.25. The molecule has 0 radical (unpaired) electrons. The average molecular weight is 458 g/mol. The summed E-state index contributed by atoms with van der Waals surface area (Å²) < 4.78 is 38.1. The summed E-state index contributed by atoms with van der Waals surface area (Å²) in [4.78, 5) is 18.9. The quantitative estimate of drug-likeness (QED) is 0.751. The topological polar surface area (TPSA) is 111 Å². The lowest BCUT2D eigenvalue weighted by atomic mass is 10.1. The van der Waals surface area contributed by atoms with E-state index in [0.29, 0.717) is 43.1 Å². The fourth-order valence-corrected chi connectivity index (χ4v) is 4.79. The lowest BCUT2D eigenvalue weighted by Crippen LogP contribution is -2.49. The van der Waals surface area contributed by atoms with Gasteiger partial charge in [-0.25, -0.2) is 17.9 Å². The van der Waals surface area contributed by atoms with E-state index in [1.807, 2.05) is 11.0 Å². The third-order valence-electron chi connectivity index (χ3n) is 5.96. The number of halogens is 1. The van der Waals surface area contributed by atoms with Crippen LogP contribution in [0, 0.1) is 17.1 Å². The normalized spacial score (nSPS) is 16.8. The highest BCUT2D eigenvalue weighted by atomic mass is 32.2. The van der Waals surface area contributed by atoms with Gasteiger partial charge < -0.3 is 14.7 Å². The maximum atomic E-state index is 14.4. The molecule has 2 aliphatic rings. The molecule has 0 bridgehead atoms. The maximum absolute atomic E-state index is 14.4. The molecular formula is C22H24FN5O3S. The molecule has 0 aromatic heterocycles. The zero-order valence-electron chi connectivity index (χ0n) is 17.5. The molecule has 2 heterocycles. The number of carbonyl (C=O) groups is 1. The van der Waals surface area contributed by atoms with Crippen molar-refractivity contribution in [1.29, 1.82) is 5.26 Å². The van der Waals surface area contributed by atoms with E-state index in [-0.39, 0.29) is 16.4 Å². The first kappa shape index (κ1) is 22.0. The number of piperazine rings is 1. The van der Waals surface area contributed by atoms with Gasteiger partial charge in [-0.05, 0) is 49.2 Å². The smallest absolute Gasteiger partial charge is 0.256 e. The monoisotopic (exact) mass is 457 g/mol. The van der Waals surface area contributed by atoms with Crippen molar-refractivity contribution in [2.45, 2.75) is 17.7 Å². The zero-order valence-corrected chi connectivity index (χ0v) is 18.3. The van der Waals surface area contributed by atoms with Gasteiger partial charge in [0.2, 0.25) is 10.0 Å². The second-order valence-corrected chi connectivity index (χ2v) is 9.54. The van der Waals surface area contributed by atoms with E-state index < -0.39 is 15.8 Å². The van der Waals surface area contributed by atoms with E-state index in [1.165, 1.54) is 18.2 Å². The van der Waals surface area contributed by atoms with Crippen molar-refractivity contribution in [3.8, 4) is 6.07 Å². The second-order valence-electron chi connectivity index (χ2n) is 7.98. The summed E-state index contributed by atoms with van der Waals surface area (Å²) >= 11 is 0. The first-order valence-electron chi connectivity index (χ1n) is 10.4. The number of primary sulfonamides is 1. The average Bonchev–Trinajstić information content (AvgIpc) is 3.32. The molecule has 0 spiro atoms. The van der Waals surface area contributed by atoms with Crippen LogP contribution in [0.3, 0.4) is 0 Å². The standard InChI is InChI=1S/C22H24FN5O3S/c23-19-13-16(15-24)3-5-21(19)27-9-11-28(12-10-27)22(29)18-14-17(32(25,30)31)4-6-20(18)26-7-1-2-8-26/h3-6,13-14H,1-2,7-12H2,(H2,25,30,31). The number of rotatable bonds is 4.